The minimum Gasteiger partial charge on any atom is -0.457 e. The third-order valence-electron chi connectivity index (χ3n) is 10.7. The fourth-order valence-corrected chi connectivity index (χ4v) is 7.97. The van der Waals surface area contributed by atoms with Crippen molar-refractivity contribution >= 4 is 5.97 Å². The van der Waals surface area contributed by atoms with Crippen LogP contribution in [0.5, 0.6) is 0 Å². The molecule has 4 rings (SSSR count). The van der Waals surface area contributed by atoms with Crippen LogP contribution < -0.4 is 0 Å². The Morgan fingerprint density at radius 2 is 1.67 bits per heavy atom. The first-order chi connectivity index (χ1) is 13.7. The molecule has 0 unspecified atom stereocenters. The second-order valence-electron chi connectivity index (χ2n) is 13.6. The standard InChI is InChI=1S/C26H46NO3/c1-23(2)19-9-11-25(5,16-19)22(23)30-21(28)17-27(7,8)13-14-29-20-15-18-10-12-26(20,6)24(18,3)4/h18-20,22H,9-17H2,1-8H3/q+1/t18-,19+,20-,22+,25-,26-/m1/s1. The van der Waals surface area contributed by atoms with Crippen molar-refractivity contribution in [3.05, 3.63) is 0 Å². The normalized spacial score (nSPS) is 43.3. The number of fused-ring (bicyclic) bond motifs is 4. The van der Waals surface area contributed by atoms with Gasteiger partial charge in [0.15, 0.2) is 6.54 Å². The molecule has 0 aromatic heterocycles. The molecule has 0 saturated heterocycles. The van der Waals surface area contributed by atoms with Crippen LogP contribution in [-0.4, -0.2) is 56.5 Å². The molecular weight excluding hydrogens is 374 g/mol. The number of rotatable bonds is 7. The van der Waals surface area contributed by atoms with Gasteiger partial charge in [0.05, 0.1) is 26.8 Å². The highest BCUT2D eigenvalue weighted by Crippen LogP contribution is 2.66. The van der Waals surface area contributed by atoms with E-state index in [1.54, 1.807) is 0 Å². The zero-order chi connectivity index (χ0) is 22.2. The predicted octanol–water partition coefficient (Wildman–Crippen LogP) is 5.05. The molecule has 0 aliphatic heterocycles. The van der Waals surface area contributed by atoms with E-state index in [9.17, 15) is 4.79 Å². The van der Waals surface area contributed by atoms with Gasteiger partial charge in [-0.1, -0.05) is 41.5 Å². The van der Waals surface area contributed by atoms with Crippen LogP contribution in [0.1, 0.15) is 80.1 Å². The van der Waals surface area contributed by atoms with Gasteiger partial charge in [0.25, 0.3) is 0 Å². The van der Waals surface area contributed by atoms with E-state index in [1.807, 2.05) is 0 Å². The first-order valence-corrected chi connectivity index (χ1v) is 12.3. The highest BCUT2D eigenvalue weighted by molar-refractivity contribution is 5.71. The van der Waals surface area contributed by atoms with Crippen LogP contribution >= 0.6 is 0 Å². The molecule has 0 N–H and O–H groups in total. The van der Waals surface area contributed by atoms with Crippen LogP contribution in [0.3, 0.4) is 0 Å². The van der Waals surface area contributed by atoms with Crippen LogP contribution in [0.15, 0.2) is 0 Å². The largest absolute Gasteiger partial charge is 0.457 e. The lowest BCUT2D eigenvalue weighted by Gasteiger charge is -2.42. The molecular formula is C26H46NO3+. The molecule has 4 aliphatic carbocycles. The highest BCUT2D eigenvalue weighted by Gasteiger charge is 2.62. The molecule has 0 spiro atoms. The van der Waals surface area contributed by atoms with Gasteiger partial charge in [-0.05, 0) is 61.2 Å². The number of esters is 1. The van der Waals surface area contributed by atoms with E-state index in [0.717, 1.165) is 19.1 Å². The Labute approximate surface area is 184 Å². The summed E-state index contributed by atoms with van der Waals surface area (Å²) in [6, 6.07) is 0. The van der Waals surface area contributed by atoms with E-state index in [0.29, 0.717) is 33.9 Å². The molecule has 4 bridgehead atoms. The molecule has 0 radical (unpaired) electrons. The van der Waals surface area contributed by atoms with Crippen molar-refractivity contribution < 1.29 is 18.8 Å². The molecule has 4 aliphatic rings. The van der Waals surface area contributed by atoms with Gasteiger partial charge in [0, 0.05) is 10.8 Å². The van der Waals surface area contributed by atoms with Gasteiger partial charge in [-0.25, -0.2) is 4.79 Å². The Kier molecular flexibility index (Phi) is 5.22. The third kappa shape index (κ3) is 3.36. The van der Waals surface area contributed by atoms with E-state index in [1.165, 1.54) is 38.5 Å². The van der Waals surface area contributed by atoms with E-state index in [4.69, 9.17) is 9.47 Å². The summed E-state index contributed by atoms with van der Waals surface area (Å²) in [6.45, 7) is 16.2. The number of likely N-dealkylation sites (N-methyl/N-ethyl adjacent to an activating group) is 1. The summed E-state index contributed by atoms with van der Waals surface area (Å²) in [6.07, 6.45) is 7.97. The maximum atomic E-state index is 12.9. The summed E-state index contributed by atoms with van der Waals surface area (Å²) in [5, 5.41) is 0. The summed E-state index contributed by atoms with van der Waals surface area (Å²) in [5.41, 5.74) is 0.965. The lowest BCUT2D eigenvalue weighted by atomic mass is 9.70. The van der Waals surface area contributed by atoms with Crippen molar-refractivity contribution in [1.82, 2.24) is 0 Å². The van der Waals surface area contributed by atoms with Crippen LogP contribution in [0, 0.1) is 33.5 Å². The number of ether oxygens (including phenoxy) is 2. The Morgan fingerprint density at radius 1 is 1.00 bits per heavy atom. The zero-order valence-corrected chi connectivity index (χ0v) is 20.8. The average Bonchev–Trinajstić information content (AvgIpc) is 3.22. The number of quaternary nitrogens is 1. The number of nitrogens with zero attached hydrogens (tertiary/aromatic N) is 1. The van der Waals surface area contributed by atoms with Gasteiger partial charge in [-0.3, -0.25) is 0 Å². The Morgan fingerprint density at radius 3 is 2.20 bits per heavy atom. The van der Waals surface area contributed by atoms with E-state index in [-0.39, 0.29) is 22.9 Å². The van der Waals surface area contributed by atoms with E-state index < -0.39 is 0 Å². The number of hydrogen-bond acceptors (Lipinski definition) is 3. The van der Waals surface area contributed by atoms with Crippen molar-refractivity contribution in [2.24, 2.45) is 33.5 Å². The van der Waals surface area contributed by atoms with Crippen LogP contribution in [-0.2, 0) is 14.3 Å². The van der Waals surface area contributed by atoms with Crippen molar-refractivity contribution in [3.8, 4) is 0 Å². The van der Waals surface area contributed by atoms with E-state index in [2.05, 4.69) is 55.6 Å². The quantitative estimate of drug-likeness (QED) is 0.427. The summed E-state index contributed by atoms with van der Waals surface area (Å²) in [4.78, 5) is 12.9. The maximum absolute atomic E-state index is 12.9. The predicted molar refractivity (Wildman–Crippen MR) is 120 cm³/mol. The van der Waals surface area contributed by atoms with Gasteiger partial charge in [-0.15, -0.1) is 0 Å². The zero-order valence-electron chi connectivity index (χ0n) is 20.8. The monoisotopic (exact) mass is 420 g/mol. The van der Waals surface area contributed by atoms with Crippen LogP contribution in [0.4, 0.5) is 0 Å². The Bertz CT molecular complexity index is 694. The highest BCUT2D eigenvalue weighted by atomic mass is 16.5. The maximum Gasteiger partial charge on any atom is 0.362 e. The molecule has 0 amide bonds. The number of carbonyl (C=O) groups excluding carboxylic acids is 1. The Balaban J connectivity index is 1.27. The van der Waals surface area contributed by atoms with Gasteiger partial charge < -0.3 is 14.0 Å². The van der Waals surface area contributed by atoms with Gasteiger partial charge in [0.2, 0.25) is 0 Å². The molecule has 0 aromatic carbocycles. The molecule has 4 nitrogen and oxygen atoms in total. The smallest absolute Gasteiger partial charge is 0.362 e. The number of hydrogen-bond donors (Lipinski definition) is 0. The lowest BCUT2D eigenvalue weighted by Crippen LogP contribution is -2.50. The summed E-state index contributed by atoms with van der Waals surface area (Å²) in [7, 11) is 4.26. The van der Waals surface area contributed by atoms with Gasteiger partial charge in [0.1, 0.15) is 12.6 Å². The minimum absolute atomic E-state index is 0.0418. The second-order valence-corrected chi connectivity index (χ2v) is 13.6. The summed E-state index contributed by atoms with van der Waals surface area (Å²) >= 11 is 0. The van der Waals surface area contributed by atoms with Crippen molar-refractivity contribution in [2.75, 3.05) is 33.8 Å². The first-order valence-electron chi connectivity index (χ1n) is 12.3. The van der Waals surface area contributed by atoms with Crippen molar-refractivity contribution in [1.29, 1.82) is 0 Å². The van der Waals surface area contributed by atoms with Crippen molar-refractivity contribution in [2.45, 2.75) is 92.3 Å². The molecule has 4 heteroatoms. The van der Waals surface area contributed by atoms with Crippen LogP contribution in [0.2, 0.25) is 0 Å². The van der Waals surface area contributed by atoms with Crippen molar-refractivity contribution in [3.63, 3.8) is 0 Å². The molecule has 0 heterocycles. The molecule has 0 aromatic rings. The minimum atomic E-state index is -0.0418. The summed E-state index contributed by atoms with van der Waals surface area (Å²) in [5.74, 6) is 1.46. The fourth-order valence-electron chi connectivity index (χ4n) is 7.97. The van der Waals surface area contributed by atoms with Crippen LogP contribution in [0.25, 0.3) is 0 Å². The Hall–Kier alpha value is -0.610. The summed E-state index contributed by atoms with van der Waals surface area (Å²) < 4.78 is 13.2. The average molecular weight is 421 g/mol. The first kappa shape index (κ1) is 22.6. The fraction of sp³-hybridized carbons (Fsp3) is 0.962. The molecule has 6 atom stereocenters. The van der Waals surface area contributed by atoms with Gasteiger partial charge >= 0.3 is 5.97 Å². The SMILES string of the molecule is CC1(C)[C@H]2CC[C@](C)(C2)[C@H]1OC(=O)C[N+](C)(C)CCO[C@@H]1C[C@H]2CC[C@@]1(C)C2(C)C. The number of carbonyl (C=O) groups is 1. The second kappa shape index (κ2) is 6.94. The lowest BCUT2D eigenvalue weighted by molar-refractivity contribution is -0.883. The topological polar surface area (TPSA) is 35.5 Å². The van der Waals surface area contributed by atoms with Gasteiger partial charge in [-0.2, -0.15) is 0 Å². The van der Waals surface area contributed by atoms with E-state index >= 15 is 0 Å². The molecule has 172 valence electrons. The molecule has 4 saturated carbocycles. The molecule has 30 heavy (non-hydrogen) atoms. The molecule has 4 fully saturated rings. The third-order valence-corrected chi connectivity index (χ3v) is 10.7.